The molecule has 21 heavy (non-hydrogen) atoms. The van der Waals surface area contributed by atoms with Gasteiger partial charge in [-0.25, -0.2) is 4.39 Å². The number of hydrogen-bond acceptors (Lipinski definition) is 4. The summed E-state index contributed by atoms with van der Waals surface area (Å²) in [6.07, 6.45) is 0. The molecular formula is C15H16FNO3S. The van der Waals surface area contributed by atoms with E-state index in [1.807, 2.05) is 5.38 Å². The Morgan fingerprint density at radius 2 is 1.95 bits per heavy atom. The fourth-order valence-corrected chi connectivity index (χ4v) is 2.58. The number of thiophene rings is 1. The van der Waals surface area contributed by atoms with Crippen LogP contribution in [0.15, 0.2) is 29.6 Å². The number of hydrogen-bond donors (Lipinski definition) is 1. The van der Waals surface area contributed by atoms with Crippen molar-refractivity contribution < 1.29 is 18.7 Å². The molecule has 0 unspecified atom stereocenters. The van der Waals surface area contributed by atoms with Crippen LogP contribution in [0, 0.1) is 5.82 Å². The van der Waals surface area contributed by atoms with Crippen LogP contribution in [0.3, 0.4) is 0 Å². The van der Waals surface area contributed by atoms with Crippen molar-refractivity contribution >= 4 is 17.2 Å². The predicted octanol–water partition coefficient (Wildman–Crippen LogP) is 3.40. The van der Waals surface area contributed by atoms with Gasteiger partial charge >= 0.3 is 0 Å². The Morgan fingerprint density at radius 3 is 2.52 bits per heavy atom. The number of carbonyl (C=O) groups excluding carboxylic acids is 1. The molecule has 0 fully saturated rings. The molecule has 0 bridgehead atoms. The molecule has 1 atom stereocenters. The zero-order valence-electron chi connectivity index (χ0n) is 12.0. The highest BCUT2D eigenvalue weighted by Crippen LogP contribution is 2.32. The first-order valence-electron chi connectivity index (χ1n) is 6.32. The van der Waals surface area contributed by atoms with E-state index in [2.05, 4.69) is 5.32 Å². The molecule has 0 saturated heterocycles. The van der Waals surface area contributed by atoms with Crippen LogP contribution < -0.4 is 14.8 Å². The van der Waals surface area contributed by atoms with Crippen LogP contribution in [0.1, 0.15) is 28.2 Å². The van der Waals surface area contributed by atoms with E-state index in [0.29, 0.717) is 21.9 Å². The van der Waals surface area contributed by atoms with Gasteiger partial charge in [0.05, 0.1) is 25.1 Å². The van der Waals surface area contributed by atoms with E-state index in [4.69, 9.17) is 9.47 Å². The maximum absolute atomic E-state index is 14.1. The molecule has 2 aromatic rings. The van der Waals surface area contributed by atoms with Crippen molar-refractivity contribution in [1.82, 2.24) is 5.32 Å². The first-order chi connectivity index (χ1) is 10.1. The number of methoxy groups -OCH3 is 2. The standard InChI is InChI=1S/C15H16FNO3S/c1-9(17-15(18)14-5-4-6-21-14)10-7-12(19-2)13(20-3)8-11(10)16/h4-9H,1-3H3,(H,17,18)/t9-/m1/s1. The predicted molar refractivity (Wildman–Crippen MR) is 79.7 cm³/mol. The van der Waals surface area contributed by atoms with Crippen LogP contribution in [0.4, 0.5) is 4.39 Å². The Hall–Kier alpha value is -2.08. The molecule has 0 radical (unpaired) electrons. The number of benzene rings is 1. The Balaban J connectivity index is 2.22. The van der Waals surface area contributed by atoms with Crippen LogP contribution in [-0.4, -0.2) is 20.1 Å². The molecule has 1 heterocycles. The van der Waals surface area contributed by atoms with Crippen molar-refractivity contribution in [3.63, 3.8) is 0 Å². The van der Waals surface area contributed by atoms with Crippen molar-refractivity contribution in [2.75, 3.05) is 14.2 Å². The molecule has 2 rings (SSSR count). The van der Waals surface area contributed by atoms with Gasteiger partial charge in [0.2, 0.25) is 0 Å². The summed E-state index contributed by atoms with van der Waals surface area (Å²) in [6.45, 7) is 1.72. The Morgan fingerprint density at radius 1 is 1.29 bits per heavy atom. The van der Waals surface area contributed by atoms with Gasteiger partial charge in [-0.15, -0.1) is 11.3 Å². The topological polar surface area (TPSA) is 47.6 Å². The summed E-state index contributed by atoms with van der Waals surface area (Å²) in [5.41, 5.74) is 0.345. The first-order valence-corrected chi connectivity index (χ1v) is 7.20. The Labute approximate surface area is 126 Å². The third-order valence-corrected chi connectivity index (χ3v) is 3.93. The van der Waals surface area contributed by atoms with Crippen molar-refractivity contribution in [1.29, 1.82) is 0 Å². The average Bonchev–Trinajstić information content (AvgIpc) is 3.00. The molecular weight excluding hydrogens is 293 g/mol. The maximum Gasteiger partial charge on any atom is 0.261 e. The largest absolute Gasteiger partial charge is 0.493 e. The van der Waals surface area contributed by atoms with Crippen molar-refractivity contribution in [2.24, 2.45) is 0 Å². The number of nitrogens with one attached hydrogen (secondary N) is 1. The van der Waals surface area contributed by atoms with Gasteiger partial charge in [-0.1, -0.05) is 6.07 Å². The summed E-state index contributed by atoms with van der Waals surface area (Å²) in [5.74, 6) is 0.0555. The first kappa shape index (κ1) is 15.3. The van der Waals surface area contributed by atoms with Gasteiger partial charge in [0, 0.05) is 11.6 Å². The van der Waals surface area contributed by atoms with Gasteiger partial charge in [-0.05, 0) is 24.4 Å². The van der Waals surface area contributed by atoms with Gasteiger partial charge < -0.3 is 14.8 Å². The molecule has 0 aliphatic heterocycles. The number of carbonyl (C=O) groups is 1. The van der Waals surface area contributed by atoms with Gasteiger partial charge in [0.25, 0.3) is 5.91 Å². The highest BCUT2D eigenvalue weighted by Gasteiger charge is 2.18. The van der Waals surface area contributed by atoms with E-state index in [1.54, 1.807) is 19.1 Å². The maximum atomic E-state index is 14.1. The quantitative estimate of drug-likeness (QED) is 0.921. The van der Waals surface area contributed by atoms with Gasteiger partial charge in [0.15, 0.2) is 11.5 Å². The number of rotatable bonds is 5. The monoisotopic (exact) mass is 309 g/mol. The molecule has 4 nitrogen and oxygen atoms in total. The van der Waals surface area contributed by atoms with Gasteiger partial charge in [0.1, 0.15) is 5.82 Å². The van der Waals surface area contributed by atoms with E-state index in [-0.39, 0.29) is 5.91 Å². The summed E-state index contributed by atoms with van der Waals surface area (Å²) in [6, 6.07) is 5.81. The van der Waals surface area contributed by atoms with Crippen molar-refractivity contribution in [3.8, 4) is 11.5 Å². The van der Waals surface area contributed by atoms with Crippen molar-refractivity contribution in [3.05, 3.63) is 45.9 Å². The summed E-state index contributed by atoms with van der Waals surface area (Å²) in [5, 5.41) is 4.58. The summed E-state index contributed by atoms with van der Waals surface area (Å²) in [4.78, 5) is 12.6. The zero-order valence-corrected chi connectivity index (χ0v) is 12.8. The Kier molecular flexibility index (Phi) is 4.80. The molecule has 1 aromatic carbocycles. The van der Waals surface area contributed by atoms with Crippen molar-refractivity contribution in [2.45, 2.75) is 13.0 Å². The van der Waals surface area contributed by atoms with Gasteiger partial charge in [-0.3, -0.25) is 4.79 Å². The molecule has 112 valence electrons. The zero-order chi connectivity index (χ0) is 15.4. The van der Waals surface area contributed by atoms with Gasteiger partial charge in [-0.2, -0.15) is 0 Å². The second-order valence-electron chi connectivity index (χ2n) is 4.40. The van der Waals surface area contributed by atoms with Crippen LogP contribution in [0.5, 0.6) is 11.5 Å². The second kappa shape index (κ2) is 6.58. The SMILES string of the molecule is COc1cc(F)c([C@@H](C)NC(=O)c2cccs2)cc1OC. The van der Waals surface area contributed by atoms with Crippen LogP contribution in [0.25, 0.3) is 0 Å². The molecule has 0 spiro atoms. The normalized spacial score (nSPS) is 11.8. The number of amides is 1. The van der Waals surface area contributed by atoms with E-state index in [9.17, 15) is 9.18 Å². The molecule has 0 saturated carbocycles. The third-order valence-electron chi connectivity index (χ3n) is 3.06. The molecule has 6 heteroatoms. The third kappa shape index (κ3) is 3.33. The fourth-order valence-electron chi connectivity index (χ4n) is 1.96. The molecule has 0 aliphatic rings. The summed E-state index contributed by atoms with van der Waals surface area (Å²) < 4.78 is 24.3. The smallest absolute Gasteiger partial charge is 0.261 e. The summed E-state index contributed by atoms with van der Waals surface area (Å²) in [7, 11) is 2.92. The lowest BCUT2D eigenvalue weighted by molar-refractivity contribution is 0.0943. The fraction of sp³-hybridized carbons (Fsp3) is 0.267. The lowest BCUT2D eigenvalue weighted by atomic mass is 10.1. The lowest BCUT2D eigenvalue weighted by Gasteiger charge is -2.17. The second-order valence-corrected chi connectivity index (χ2v) is 5.35. The molecule has 1 amide bonds. The highest BCUT2D eigenvalue weighted by molar-refractivity contribution is 7.12. The highest BCUT2D eigenvalue weighted by atomic mass is 32.1. The van der Waals surface area contributed by atoms with E-state index < -0.39 is 11.9 Å². The number of ether oxygens (including phenoxy) is 2. The van der Waals surface area contributed by atoms with E-state index in [0.717, 1.165) is 0 Å². The lowest BCUT2D eigenvalue weighted by Crippen LogP contribution is -2.26. The number of halogens is 1. The Bertz CT molecular complexity index is 628. The van der Waals surface area contributed by atoms with Crippen LogP contribution in [-0.2, 0) is 0 Å². The molecule has 1 aromatic heterocycles. The van der Waals surface area contributed by atoms with Crippen LogP contribution in [0.2, 0.25) is 0 Å². The minimum Gasteiger partial charge on any atom is -0.493 e. The minimum atomic E-state index is -0.487. The average molecular weight is 309 g/mol. The van der Waals surface area contributed by atoms with E-state index in [1.165, 1.54) is 37.7 Å². The molecule has 1 N–H and O–H groups in total. The van der Waals surface area contributed by atoms with E-state index >= 15 is 0 Å². The minimum absolute atomic E-state index is 0.230. The van der Waals surface area contributed by atoms with Crippen LogP contribution >= 0.6 is 11.3 Å². The summed E-state index contributed by atoms with van der Waals surface area (Å²) >= 11 is 1.34. The molecule has 0 aliphatic carbocycles.